The lowest BCUT2D eigenvalue weighted by atomic mass is 10.3. The van der Waals surface area contributed by atoms with E-state index in [4.69, 9.17) is 0 Å². The van der Waals surface area contributed by atoms with Crippen LogP contribution in [0.4, 0.5) is 5.69 Å². The van der Waals surface area contributed by atoms with Gasteiger partial charge in [-0.05, 0) is 62.4 Å². The molecule has 4 rings (SSSR count). The van der Waals surface area contributed by atoms with Crippen LogP contribution < -0.4 is 26.1 Å². The first-order valence-corrected chi connectivity index (χ1v) is 12.5. The van der Waals surface area contributed by atoms with Gasteiger partial charge in [0.15, 0.2) is 0 Å². The van der Waals surface area contributed by atoms with E-state index in [1.807, 2.05) is 0 Å². The van der Waals surface area contributed by atoms with E-state index in [0.29, 0.717) is 0 Å². The molecular weight excluding hydrogens is 381 g/mol. The summed E-state index contributed by atoms with van der Waals surface area (Å²) in [5.41, 5.74) is 1.30. The highest BCUT2D eigenvalue weighted by atomic mass is 31.2. The molecule has 0 aliphatic rings. The van der Waals surface area contributed by atoms with Gasteiger partial charge in [0.05, 0.1) is 0 Å². The minimum Gasteiger partial charge on any atom is -0.372 e. The van der Waals surface area contributed by atoms with E-state index in [0.717, 1.165) is 13.1 Å². The quantitative estimate of drug-likeness (QED) is 0.381. The number of benzene rings is 4. The van der Waals surface area contributed by atoms with Crippen molar-refractivity contribution >= 4 is 34.2 Å². The highest BCUT2D eigenvalue weighted by molar-refractivity contribution is 8.01. The van der Waals surface area contributed by atoms with Crippen LogP contribution >= 0.6 is 7.26 Å². The summed E-state index contributed by atoms with van der Waals surface area (Å²) in [4.78, 5) is 2.43. The summed E-state index contributed by atoms with van der Waals surface area (Å²) in [7, 11) is -2.02. The first-order chi connectivity index (χ1) is 14.8. The van der Waals surface area contributed by atoms with Crippen molar-refractivity contribution in [2.45, 2.75) is 13.8 Å². The van der Waals surface area contributed by atoms with Gasteiger partial charge in [0.2, 0.25) is 0 Å². The van der Waals surface area contributed by atoms with Crippen molar-refractivity contribution in [3.8, 4) is 0 Å². The summed E-state index contributed by atoms with van der Waals surface area (Å²) in [5, 5.41) is 5.56. The monoisotopic (exact) mass is 410 g/mol. The molecule has 0 amide bonds. The average Bonchev–Trinajstić information content (AvgIpc) is 2.83. The van der Waals surface area contributed by atoms with Gasteiger partial charge in [-0.1, -0.05) is 60.7 Å². The Balaban J connectivity index is 2.08. The Morgan fingerprint density at radius 2 is 0.900 bits per heavy atom. The molecule has 0 atom stereocenters. The molecule has 4 aromatic carbocycles. The standard InChI is InChI=1S/C28H29NP/c1-3-29(4-2)24-15-14-22-28(23-24)30(25-16-8-5-9-17-25,26-18-10-6-11-19-26)27-20-12-7-13-21-27/h5-23H,3-4H2,1-2H3/q+1. The Hall–Kier alpha value is -2.89. The Morgan fingerprint density at radius 1 is 0.500 bits per heavy atom. The fourth-order valence-electron chi connectivity index (χ4n) is 4.34. The Labute approximate surface area is 181 Å². The van der Waals surface area contributed by atoms with Crippen LogP contribution in [0.1, 0.15) is 13.8 Å². The average molecular weight is 411 g/mol. The molecule has 4 aromatic rings. The second-order valence-corrected chi connectivity index (χ2v) is 10.8. The summed E-state index contributed by atoms with van der Waals surface area (Å²) in [6.07, 6.45) is 0. The Kier molecular flexibility index (Phi) is 6.31. The number of anilines is 1. The summed E-state index contributed by atoms with van der Waals surface area (Å²) in [6.45, 7) is 6.47. The lowest BCUT2D eigenvalue weighted by molar-refractivity contribution is 0.867. The zero-order valence-corrected chi connectivity index (χ0v) is 18.7. The van der Waals surface area contributed by atoms with Gasteiger partial charge in [0, 0.05) is 24.8 Å². The molecule has 30 heavy (non-hydrogen) atoms. The minimum absolute atomic E-state index is 1.01. The fraction of sp³-hybridized carbons (Fsp3) is 0.143. The minimum atomic E-state index is -2.02. The maximum atomic E-state index is 2.43. The number of hydrogen-bond acceptors (Lipinski definition) is 1. The Morgan fingerprint density at radius 3 is 1.30 bits per heavy atom. The molecule has 150 valence electrons. The van der Waals surface area contributed by atoms with E-state index in [1.165, 1.54) is 26.9 Å². The van der Waals surface area contributed by atoms with Crippen molar-refractivity contribution in [3.05, 3.63) is 115 Å². The third kappa shape index (κ3) is 3.66. The van der Waals surface area contributed by atoms with Crippen LogP contribution in [0, 0.1) is 0 Å². The van der Waals surface area contributed by atoms with E-state index in [2.05, 4.69) is 134 Å². The van der Waals surface area contributed by atoms with Crippen molar-refractivity contribution in [1.82, 2.24) is 0 Å². The molecule has 0 heterocycles. The van der Waals surface area contributed by atoms with Crippen LogP contribution in [-0.4, -0.2) is 13.1 Å². The maximum Gasteiger partial charge on any atom is 0.144 e. The number of nitrogens with zero attached hydrogens (tertiary/aromatic N) is 1. The van der Waals surface area contributed by atoms with Gasteiger partial charge in [-0.2, -0.15) is 0 Å². The van der Waals surface area contributed by atoms with Crippen LogP contribution in [0.25, 0.3) is 0 Å². The second-order valence-electron chi connectivity index (χ2n) is 7.37. The SMILES string of the molecule is CCN(CC)c1cccc([P+](c2ccccc2)(c2ccccc2)c2ccccc2)c1. The molecule has 0 fully saturated rings. The topological polar surface area (TPSA) is 3.24 Å². The van der Waals surface area contributed by atoms with Gasteiger partial charge in [-0.15, -0.1) is 0 Å². The lowest BCUT2D eigenvalue weighted by Gasteiger charge is -2.29. The predicted octanol–water partition coefficient (Wildman–Crippen LogP) is 5.15. The molecule has 0 saturated heterocycles. The van der Waals surface area contributed by atoms with Crippen LogP contribution in [0.2, 0.25) is 0 Å². The van der Waals surface area contributed by atoms with Gasteiger partial charge in [0.1, 0.15) is 28.5 Å². The van der Waals surface area contributed by atoms with E-state index >= 15 is 0 Å². The second kappa shape index (κ2) is 9.28. The number of hydrogen-bond donors (Lipinski definition) is 0. The highest BCUT2D eigenvalue weighted by Gasteiger charge is 2.47. The van der Waals surface area contributed by atoms with Crippen molar-refractivity contribution in [1.29, 1.82) is 0 Å². The predicted molar refractivity (Wildman–Crippen MR) is 135 cm³/mol. The summed E-state index contributed by atoms with van der Waals surface area (Å²) >= 11 is 0. The van der Waals surface area contributed by atoms with Crippen molar-refractivity contribution < 1.29 is 0 Å². The summed E-state index contributed by atoms with van der Waals surface area (Å²) in [6, 6.07) is 42.4. The smallest absolute Gasteiger partial charge is 0.144 e. The normalized spacial score (nSPS) is 11.3. The highest BCUT2D eigenvalue weighted by Crippen LogP contribution is 2.54. The van der Waals surface area contributed by atoms with Gasteiger partial charge < -0.3 is 4.90 Å². The van der Waals surface area contributed by atoms with Crippen LogP contribution in [-0.2, 0) is 0 Å². The largest absolute Gasteiger partial charge is 0.372 e. The third-order valence-corrected chi connectivity index (χ3v) is 10.0. The van der Waals surface area contributed by atoms with Crippen molar-refractivity contribution in [2.24, 2.45) is 0 Å². The first-order valence-electron chi connectivity index (χ1n) is 10.7. The Bertz CT molecular complexity index is 961. The summed E-state index contributed by atoms with van der Waals surface area (Å²) < 4.78 is 0. The molecule has 0 spiro atoms. The fourth-order valence-corrected chi connectivity index (χ4v) is 8.62. The maximum absolute atomic E-state index is 2.43. The third-order valence-electron chi connectivity index (χ3n) is 5.78. The lowest BCUT2D eigenvalue weighted by Crippen LogP contribution is -2.39. The molecule has 0 radical (unpaired) electrons. The first kappa shape index (κ1) is 20.4. The molecule has 0 saturated carbocycles. The van der Waals surface area contributed by atoms with Gasteiger partial charge in [-0.25, -0.2) is 0 Å². The van der Waals surface area contributed by atoms with Gasteiger partial charge in [-0.3, -0.25) is 0 Å². The van der Waals surface area contributed by atoms with E-state index in [9.17, 15) is 0 Å². The molecule has 0 aliphatic heterocycles. The van der Waals surface area contributed by atoms with Crippen molar-refractivity contribution in [3.63, 3.8) is 0 Å². The number of rotatable bonds is 7. The van der Waals surface area contributed by atoms with Gasteiger partial charge >= 0.3 is 0 Å². The molecular formula is C28H29NP+. The molecule has 2 heteroatoms. The zero-order chi connectivity index (χ0) is 20.8. The molecule has 0 N–H and O–H groups in total. The van der Waals surface area contributed by atoms with E-state index in [-0.39, 0.29) is 0 Å². The van der Waals surface area contributed by atoms with Crippen LogP contribution in [0.3, 0.4) is 0 Å². The zero-order valence-electron chi connectivity index (χ0n) is 17.8. The molecule has 1 nitrogen and oxygen atoms in total. The van der Waals surface area contributed by atoms with Crippen LogP contribution in [0.15, 0.2) is 115 Å². The molecule has 0 aromatic heterocycles. The molecule has 0 aliphatic carbocycles. The van der Waals surface area contributed by atoms with E-state index in [1.54, 1.807) is 0 Å². The molecule has 0 unspecified atom stereocenters. The van der Waals surface area contributed by atoms with Crippen LogP contribution in [0.5, 0.6) is 0 Å². The molecule has 0 bridgehead atoms. The van der Waals surface area contributed by atoms with E-state index < -0.39 is 7.26 Å². The van der Waals surface area contributed by atoms with Gasteiger partial charge in [0.25, 0.3) is 0 Å². The van der Waals surface area contributed by atoms with Crippen molar-refractivity contribution in [2.75, 3.05) is 18.0 Å². The summed E-state index contributed by atoms with van der Waals surface area (Å²) in [5.74, 6) is 0.